The Morgan fingerprint density at radius 1 is 1.35 bits per heavy atom. The Hall–Kier alpha value is -1.57. The second-order valence-corrected chi connectivity index (χ2v) is 7.46. The smallest absolute Gasteiger partial charge is 0.411 e. The van der Waals surface area contributed by atoms with Gasteiger partial charge < -0.3 is 9.47 Å². The highest BCUT2D eigenvalue weighted by Gasteiger charge is 2.39. The number of aromatic nitrogens is 2. The van der Waals surface area contributed by atoms with E-state index < -0.39 is 23.7 Å². The molecule has 23 heavy (non-hydrogen) atoms. The third kappa shape index (κ3) is 4.46. The van der Waals surface area contributed by atoms with Gasteiger partial charge in [0.15, 0.2) is 0 Å². The van der Waals surface area contributed by atoms with Crippen molar-refractivity contribution in [1.29, 1.82) is 0 Å². The zero-order valence-electron chi connectivity index (χ0n) is 13.8. The maximum absolute atomic E-state index is 12.5. The van der Waals surface area contributed by atoms with Gasteiger partial charge in [-0.1, -0.05) is 0 Å². The van der Waals surface area contributed by atoms with Crippen LogP contribution in [0, 0.1) is 0 Å². The SMILES string of the molecule is COC(=O)C1CCC(n2cc(Br)cn2)CN1C(=O)OC(C)(C)C. The fraction of sp³-hybridized carbons (Fsp3) is 0.667. The van der Waals surface area contributed by atoms with Crippen LogP contribution in [0.2, 0.25) is 0 Å². The highest BCUT2D eigenvalue weighted by atomic mass is 79.9. The summed E-state index contributed by atoms with van der Waals surface area (Å²) in [7, 11) is 1.33. The molecular weight excluding hydrogens is 366 g/mol. The first-order valence-corrected chi connectivity index (χ1v) is 8.27. The van der Waals surface area contributed by atoms with Gasteiger partial charge in [-0.3, -0.25) is 9.58 Å². The van der Waals surface area contributed by atoms with Crippen LogP contribution < -0.4 is 0 Å². The summed E-state index contributed by atoms with van der Waals surface area (Å²) in [6.07, 6.45) is 4.28. The molecule has 1 aliphatic rings. The van der Waals surface area contributed by atoms with Gasteiger partial charge >= 0.3 is 12.1 Å². The second kappa shape index (κ2) is 6.90. The van der Waals surface area contributed by atoms with Crippen LogP contribution in [0.1, 0.15) is 39.7 Å². The van der Waals surface area contributed by atoms with E-state index in [1.54, 1.807) is 31.6 Å². The quantitative estimate of drug-likeness (QED) is 0.729. The first kappa shape index (κ1) is 17.8. The predicted molar refractivity (Wildman–Crippen MR) is 86.9 cm³/mol. The lowest BCUT2D eigenvalue weighted by molar-refractivity contribution is -0.148. The summed E-state index contributed by atoms with van der Waals surface area (Å²) in [6, 6.07) is -0.625. The van der Waals surface area contributed by atoms with Crippen molar-refractivity contribution in [3.8, 4) is 0 Å². The first-order valence-electron chi connectivity index (χ1n) is 7.48. The maximum atomic E-state index is 12.5. The van der Waals surface area contributed by atoms with Crippen LogP contribution in [0.5, 0.6) is 0 Å². The van der Waals surface area contributed by atoms with Crippen molar-refractivity contribution in [1.82, 2.24) is 14.7 Å². The van der Waals surface area contributed by atoms with Crippen LogP contribution >= 0.6 is 15.9 Å². The highest BCUT2D eigenvalue weighted by Crippen LogP contribution is 2.28. The van der Waals surface area contributed by atoms with E-state index in [9.17, 15) is 9.59 Å². The Kier molecular flexibility index (Phi) is 5.33. The summed E-state index contributed by atoms with van der Waals surface area (Å²) >= 11 is 3.37. The molecule has 1 aromatic heterocycles. The molecular formula is C15H22BrN3O4. The lowest BCUT2D eigenvalue weighted by Gasteiger charge is -2.38. The number of hydrogen-bond acceptors (Lipinski definition) is 5. The van der Waals surface area contributed by atoms with Gasteiger partial charge in [-0.05, 0) is 49.5 Å². The number of amides is 1. The van der Waals surface area contributed by atoms with E-state index >= 15 is 0 Å². The molecule has 0 N–H and O–H groups in total. The van der Waals surface area contributed by atoms with Crippen LogP contribution in [0.25, 0.3) is 0 Å². The zero-order valence-corrected chi connectivity index (χ0v) is 15.4. The molecule has 2 rings (SSSR count). The molecule has 1 aliphatic heterocycles. The molecule has 2 heterocycles. The van der Waals surface area contributed by atoms with E-state index in [4.69, 9.17) is 9.47 Å². The summed E-state index contributed by atoms with van der Waals surface area (Å²) < 4.78 is 12.9. The molecule has 0 saturated carbocycles. The molecule has 7 nitrogen and oxygen atoms in total. The van der Waals surface area contributed by atoms with E-state index in [1.165, 1.54) is 12.0 Å². The number of halogens is 1. The molecule has 0 spiro atoms. The third-order valence-electron chi connectivity index (χ3n) is 3.60. The number of methoxy groups -OCH3 is 1. The average Bonchev–Trinajstić information content (AvgIpc) is 2.90. The minimum atomic E-state index is -0.626. The van der Waals surface area contributed by atoms with Gasteiger partial charge in [-0.2, -0.15) is 5.10 Å². The van der Waals surface area contributed by atoms with Gasteiger partial charge in [-0.25, -0.2) is 9.59 Å². The molecule has 128 valence electrons. The zero-order chi connectivity index (χ0) is 17.2. The van der Waals surface area contributed by atoms with Gasteiger partial charge in [0.25, 0.3) is 0 Å². The number of nitrogens with zero attached hydrogens (tertiary/aromatic N) is 3. The molecule has 1 aromatic rings. The second-order valence-electron chi connectivity index (χ2n) is 6.54. The first-order chi connectivity index (χ1) is 10.7. The summed E-state index contributed by atoms with van der Waals surface area (Å²) in [5.41, 5.74) is -0.626. The fourth-order valence-corrected chi connectivity index (χ4v) is 2.89. The Morgan fingerprint density at radius 3 is 2.57 bits per heavy atom. The van der Waals surface area contributed by atoms with Crippen molar-refractivity contribution in [2.45, 2.75) is 51.3 Å². The topological polar surface area (TPSA) is 73.7 Å². The van der Waals surface area contributed by atoms with Crippen LogP contribution in [-0.2, 0) is 14.3 Å². The summed E-state index contributed by atoms with van der Waals surface area (Å²) in [5, 5.41) is 4.27. The third-order valence-corrected chi connectivity index (χ3v) is 4.01. The van der Waals surface area contributed by atoms with E-state index in [0.29, 0.717) is 13.0 Å². The molecule has 0 aromatic carbocycles. The van der Waals surface area contributed by atoms with Crippen LogP contribution in [-0.4, -0.2) is 52.0 Å². The number of esters is 1. The number of likely N-dealkylation sites (tertiary alicyclic amines) is 1. The van der Waals surface area contributed by atoms with Crippen molar-refractivity contribution in [3.63, 3.8) is 0 Å². The highest BCUT2D eigenvalue weighted by molar-refractivity contribution is 9.10. The van der Waals surface area contributed by atoms with E-state index in [0.717, 1.165) is 10.9 Å². The van der Waals surface area contributed by atoms with Crippen LogP contribution in [0.4, 0.5) is 4.79 Å². The Morgan fingerprint density at radius 2 is 2.04 bits per heavy atom. The Labute approximate surface area is 144 Å². The monoisotopic (exact) mass is 387 g/mol. The molecule has 0 bridgehead atoms. The molecule has 1 fully saturated rings. The van der Waals surface area contributed by atoms with Gasteiger partial charge in [0.2, 0.25) is 0 Å². The lowest BCUT2D eigenvalue weighted by Crippen LogP contribution is -2.52. The molecule has 8 heteroatoms. The molecule has 0 aliphatic carbocycles. The molecule has 1 amide bonds. The number of hydrogen-bond donors (Lipinski definition) is 0. The van der Waals surface area contributed by atoms with Crippen molar-refractivity contribution in [2.24, 2.45) is 0 Å². The van der Waals surface area contributed by atoms with Crippen molar-refractivity contribution >= 4 is 28.0 Å². The van der Waals surface area contributed by atoms with E-state index in [1.807, 2.05) is 6.20 Å². The van der Waals surface area contributed by atoms with Crippen molar-refractivity contribution in [3.05, 3.63) is 16.9 Å². The average molecular weight is 388 g/mol. The van der Waals surface area contributed by atoms with Crippen molar-refractivity contribution in [2.75, 3.05) is 13.7 Å². The van der Waals surface area contributed by atoms with Crippen molar-refractivity contribution < 1.29 is 19.1 Å². The van der Waals surface area contributed by atoms with Crippen LogP contribution in [0.3, 0.4) is 0 Å². The molecule has 2 atom stereocenters. The Balaban J connectivity index is 2.19. The lowest BCUT2D eigenvalue weighted by atomic mass is 9.98. The van der Waals surface area contributed by atoms with E-state index in [2.05, 4.69) is 21.0 Å². The molecule has 2 unspecified atom stereocenters. The minimum absolute atomic E-state index is 0.00488. The molecule has 0 radical (unpaired) electrons. The summed E-state index contributed by atoms with van der Waals surface area (Å²) in [4.78, 5) is 25.9. The summed E-state index contributed by atoms with van der Waals surface area (Å²) in [5.74, 6) is -0.420. The Bertz CT molecular complexity index is 582. The number of carbonyl (C=O) groups is 2. The van der Waals surface area contributed by atoms with Gasteiger partial charge in [0.05, 0.1) is 23.8 Å². The maximum Gasteiger partial charge on any atom is 0.411 e. The number of rotatable bonds is 2. The summed E-state index contributed by atoms with van der Waals surface area (Å²) in [6.45, 7) is 5.74. The normalized spacial score (nSPS) is 21.9. The number of ether oxygens (including phenoxy) is 2. The van der Waals surface area contributed by atoms with Gasteiger partial charge in [0, 0.05) is 12.7 Å². The number of carbonyl (C=O) groups excluding carboxylic acids is 2. The largest absolute Gasteiger partial charge is 0.467 e. The van der Waals surface area contributed by atoms with Gasteiger partial charge in [-0.15, -0.1) is 0 Å². The molecule has 1 saturated heterocycles. The predicted octanol–water partition coefficient (Wildman–Crippen LogP) is 2.76. The standard InChI is InChI=1S/C15H22BrN3O4/c1-15(2,3)23-14(21)18-9-11(19-8-10(16)7-17-19)5-6-12(18)13(20)22-4/h7-8,11-12H,5-6,9H2,1-4H3. The fourth-order valence-electron chi connectivity index (χ4n) is 2.59. The number of piperidine rings is 1. The van der Waals surface area contributed by atoms with Gasteiger partial charge in [0.1, 0.15) is 11.6 Å². The van der Waals surface area contributed by atoms with E-state index in [-0.39, 0.29) is 6.04 Å². The van der Waals surface area contributed by atoms with Crippen LogP contribution in [0.15, 0.2) is 16.9 Å². The minimum Gasteiger partial charge on any atom is -0.467 e.